The second-order valence-electron chi connectivity index (χ2n) is 6.23. The Bertz CT molecular complexity index is 607. The minimum Gasteiger partial charge on any atom is -0.507 e. The van der Waals surface area contributed by atoms with Gasteiger partial charge in [0, 0.05) is 6.54 Å². The van der Waals surface area contributed by atoms with Crippen molar-refractivity contribution in [3.05, 3.63) is 64.7 Å². The first kappa shape index (κ1) is 17.6. The summed E-state index contributed by atoms with van der Waals surface area (Å²) in [7, 11) is 0. The fourth-order valence-electron chi connectivity index (χ4n) is 3.05. The van der Waals surface area contributed by atoms with E-state index in [1.54, 1.807) is 0 Å². The molecule has 0 unspecified atom stereocenters. The number of benzene rings is 2. The SMILES string of the molecule is CCc1cc(CN(CC)CCCc2ccccc2)cc(C)c1O. The molecule has 0 atom stereocenters. The average Bonchev–Trinajstić information content (AvgIpc) is 2.57. The van der Waals surface area contributed by atoms with Crippen LogP contribution in [0.4, 0.5) is 0 Å². The van der Waals surface area contributed by atoms with Crippen LogP contribution in [0.25, 0.3) is 0 Å². The van der Waals surface area contributed by atoms with Crippen LogP contribution in [0.5, 0.6) is 5.75 Å². The van der Waals surface area contributed by atoms with Gasteiger partial charge in [0.05, 0.1) is 0 Å². The molecule has 0 saturated heterocycles. The quantitative estimate of drug-likeness (QED) is 0.762. The van der Waals surface area contributed by atoms with Crippen LogP contribution >= 0.6 is 0 Å². The van der Waals surface area contributed by atoms with Crippen LogP contribution in [-0.2, 0) is 19.4 Å². The summed E-state index contributed by atoms with van der Waals surface area (Å²) in [4.78, 5) is 2.48. The monoisotopic (exact) mass is 311 g/mol. The van der Waals surface area contributed by atoms with Crippen molar-refractivity contribution in [3.63, 3.8) is 0 Å². The van der Waals surface area contributed by atoms with Crippen LogP contribution in [-0.4, -0.2) is 23.1 Å². The molecule has 0 aromatic heterocycles. The summed E-state index contributed by atoms with van der Waals surface area (Å²) in [6, 6.07) is 15.0. The molecule has 0 spiro atoms. The van der Waals surface area contributed by atoms with Crippen molar-refractivity contribution >= 4 is 0 Å². The van der Waals surface area contributed by atoms with E-state index >= 15 is 0 Å². The van der Waals surface area contributed by atoms with Crippen LogP contribution in [0.2, 0.25) is 0 Å². The third kappa shape index (κ3) is 5.11. The first-order chi connectivity index (χ1) is 11.1. The molecule has 0 saturated carbocycles. The molecule has 0 aliphatic heterocycles. The Balaban J connectivity index is 1.93. The average molecular weight is 311 g/mol. The molecule has 2 aromatic carbocycles. The largest absolute Gasteiger partial charge is 0.507 e. The smallest absolute Gasteiger partial charge is 0.121 e. The Hall–Kier alpha value is -1.80. The lowest BCUT2D eigenvalue weighted by Crippen LogP contribution is -2.24. The van der Waals surface area contributed by atoms with Gasteiger partial charge in [0.1, 0.15) is 5.75 Å². The Morgan fingerprint density at radius 2 is 1.74 bits per heavy atom. The number of nitrogens with zero attached hydrogens (tertiary/aromatic N) is 1. The van der Waals surface area contributed by atoms with Crippen molar-refractivity contribution in [1.29, 1.82) is 0 Å². The zero-order valence-electron chi connectivity index (χ0n) is 14.7. The maximum absolute atomic E-state index is 10.1. The van der Waals surface area contributed by atoms with E-state index in [-0.39, 0.29) is 0 Å². The minimum absolute atomic E-state index is 0.461. The molecular weight excluding hydrogens is 282 g/mol. The van der Waals surface area contributed by atoms with Crippen molar-refractivity contribution in [3.8, 4) is 5.75 Å². The fraction of sp³-hybridized carbons (Fsp3) is 0.429. The molecule has 0 radical (unpaired) electrons. The number of hydrogen-bond donors (Lipinski definition) is 1. The van der Waals surface area contributed by atoms with Gasteiger partial charge < -0.3 is 5.11 Å². The van der Waals surface area contributed by atoms with Gasteiger partial charge in [-0.2, -0.15) is 0 Å². The minimum atomic E-state index is 0.461. The van der Waals surface area contributed by atoms with Gasteiger partial charge in [0.25, 0.3) is 0 Å². The molecule has 124 valence electrons. The highest BCUT2D eigenvalue weighted by atomic mass is 16.3. The fourth-order valence-corrected chi connectivity index (χ4v) is 3.05. The van der Waals surface area contributed by atoms with E-state index in [0.717, 1.165) is 43.6 Å². The third-order valence-electron chi connectivity index (χ3n) is 4.46. The number of aromatic hydroxyl groups is 1. The van der Waals surface area contributed by atoms with E-state index < -0.39 is 0 Å². The van der Waals surface area contributed by atoms with E-state index in [1.165, 1.54) is 17.5 Å². The third-order valence-corrected chi connectivity index (χ3v) is 4.46. The first-order valence-corrected chi connectivity index (χ1v) is 8.71. The van der Waals surface area contributed by atoms with Gasteiger partial charge in [0.2, 0.25) is 0 Å². The van der Waals surface area contributed by atoms with Gasteiger partial charge in [-0.15, -0.1) is 0 Å². The number of aryl methyl sites for hydroxylation is 3. The summed E-state index contributed by atoms with van der Waals surface area (Å²) >= 11 is 0. The summed E-state index contributed by atoms with van der Waals surface area (Å²) in [5, 5.41) is 10.1. The normalized spacial score (nSPS) is 11.1. The predicted octanol–water partition coefficient (Wildman–Crippen LogP) is 4.72. The van der Waals surface area contributed by atoms with Crippen molar-refractivity contribution in [2.75, 3.05) is 13.1 Å². The lowest BCUT2D eigenvalue weighted by Gasteiger charge is -2.21. The summed E-state index contributed by atoms with van der Waals surface area (Å²) in [5.74, 6) is 0.461. The van der Waals surface area contributed by atoms with Gasteiger partial charge in [-0.1, -0.05) is 56.3 Å². The predicted molar refractivity (Wildman–Crippen MR) is 97.9 cm³/mol. The van der Waals surface area contributed by atoms with Crippen molar-refractivity contribution in [1.82, 2.24) is 4.90 Å². The molecule has 0 aliphatic rings. The van der Waals surface area contributed by atoms with E-state index in [2.05, 4.69) is 61.2 Å². The van der Waals surface area contributed by atoms with Gasteiger partial charge >= 0.3 is 0 Å². The maximum Gasteiger partial charge on any atom is 0.121 e. The second kappa shape index (κ2) is 8.73. The lowest BCUT2D eigenvalue weighted by atomic mass is 10.0. The van der Waals surface area contributed by atoms with Crippen LogP contribution in [0, 0.1) is 6.92 Å². The molecule has 2 aromatic rings. The van der Waals surface area contributed by atoms with E-state index in [1.807, 2.05) is 6.92 Å². The standard InChI is InChI=1S/C21H29NO/c1-4-20-15-19(14-17(3)21(20)23)16-22(5-2)13-9-12-18-10-7-6-8-11-18/h6-8,10-11,14-15,23H,4-5,9,12-13,16H2,1-3H3. The molecule has 0 heterocycles. The van der Waals surface area contributed by atoms with E-state index in [0.29, 0.717) is 5.75 Å². The topological polar surface area (TPSA) is 23.5 Å². The van der Waals surface area contributed by atoms with Crippen LogP contribution in [0.15, 0.2) is 42.5 Å². The first-order valence-electron chi connectivity index (χ1n) is 8.71. The Morgan fingerprint density at radius 3 is 2.39 bits per heavy atom. The zero-order valence-corrected chi connectivity index (χ0v) is 14.7. The van der Waals surface area contributed by atoms with Crippen molar-refractivity contribution in [2.24, 2.45) is 0 Å². The highest BCUT2D eigenvalue weighted by Crippen LogP contribution is 2.25. The summed E-state index contributed by atoms with van der Waals surface area (Å²) in [6.45, 7) is 9.41. The van der Waals surface area contributed by atoms with Crippen LogP contribution in [0.1, 0.15) is 42.5 Å². The van der Waals surface area contributed by atoms with Crippen LogP contribution in [0.3, 0.4) is 0 Å². The molecule has 0 aliphatic carbocycles. The van der Waals surface area contributed by atoms with Crippen molar-refractivity contribution in [2.45, 2.75) is 46.6 Å². The van der Waals surface area contributed by atoms with Crippen LogP contribution < -0.4 is 0 Å². The molecule has 2 heteroatoms. The number of phenols is 1. The summed E-state index contributed by atoms with van der Waals surface area (Å²) in [6.07, 6.45) is 3.18. The summed E-state index contributed by atoms with van der Waals surface area (Å²) < 4.78 is 0. The number of rotatable bonds is 8. The van der Waals surface area contributed by atoms with Gasteiger partial charge in [-0.25, -0.2) is 0 Å². The number of hydrogen-bond acceptors (Lipinski definition) is 2. The van der Waals surface area contributed by atoms with Gasteiger partial charge in [0.15, 0.2) is 0 Å². The molecule has 2 nitrogen and oxygen atoms in total. The highest BCUT2D eigenvalue weighted by molar-refractivity contribution is 5.43. The van der Waals surface area contributed by atoms with Gasteiger partial charge in [-0.05, 0) is 61.5 Å². The second-order valence-corrected chi connectivity index (χ2v) is 6.23. The van der Waals surface area contributed by atoms with Crippen molar-refractivity contribution < 1.29 is 5.11 Å². The molecular formula is C21H29NO. The summed E-state index contributed by atoms with van der Waals surface area (Å²) in [5.41, 5.74) is 4.76. The van der Waals surface area contributed by atoms with E-state index in [4.69, 9.17) is 0 Å². The maximum atomic E-state index is 10.1. The molecule has 0 fully saturated rings. The van der Waals surface area contributed by atoms with E-state index in [9.17, 15) is 5.11 Å². The Labute approximate surface area is 140 Å². The molecule has 0 amide bonds. The van der Waals surface area contributed by atoms with Gasteiger partial charge in [-0.3, -0.25) is 4.90 Å². The zero-order chi connectivity index (χ0) is 16.7. The number of phenolic OH excluding ortho intramolecular Hbond substituents is 1. The molecule has 23 heavy (non-hydrogen) atoms. The lowest BCUT2D eigenvalue weighted by molar-refractivity contribution is 0.276. The highest BCUT2D eigenvalue weighted by Gasteiger charge is 2.09. The molecule has 0 bridgehead atoms. The Kier molecular flexibility index (Phi) is 6.66. The Morgan fingerprint density at radius 1 is 1.00 bits per heavy atom. The molecule has 1 N–H and O–H groups in total. The molecule has 2 rings (SSSR count).